The Morgan fingerprint density at radius 1 is 1.36 bits per heavy atom. The Balaban J connectivity index is -0.0000000533. The van der Waals surface area contributed by atoms with Crippen LogP contribution in [0.3, 0.4) is 0 Å². The third kappa shape index (κ3) is 11.3. The SMILES string of the molecule is C=C(CC(=O)O)C(=O)O.[H-].[H-].[K+].[Na+]. The van der Waals surface area contributed by atoms with E-state index in [4.69, 9.17) is 10.2 Å². The predicted octanol–water partition coefficient (Wildman–Crippen LogP) is -5.67. The molecule has 0 aromatic rings. The molecule has 0 aliphatic carbocycles. The van der Waals surface area contributed by atoms with Gasteiger partial charge in [-0.25, -0.2) is 4.79 Å². The number of hydrogen-bond donors (Lipinski definition) is 2. The van der Waals surface area contributed by atoms with Crippen LogP contribution in [0.5, 0.6) is 0 Å². The monoisotopic (exact) mass is 194 g/mol. The van der Waals surface area contributed by atoms with Gasteiger partial charge in [-0.1, -0.05) is 6.58 Å². The van der Waals surface area contributed by atoms with Crippen LogP contribution in [-0.4, -0.2) is 22.2 Å². The third-order valence-corrected chi connectivity index (χ3v) is 0.667. The van der Waals surface area contributed by atoms with Gasteiger partial charge in [0.25, 0.3) is 0 Å². The van der Waals surface area contributed by atoms with Crippen LogP contribution in [0.25, 0.3) is 0 Å². The first-order chi connectivity index (χ1) is 4.04. The van der Waals surface area contributed by atoms with Gasteiger partial charge in [0.1, 0.15) is 0 Å². The van der Waals surface area contributed by atoms with E-state index in [0.29, 0.717) is 0 Å². The number of hydrogen-bond acceptors (Lipinski definition) is 2. The molecule has 0 heterocycles. The molecule has 6 heteroatoms. The van der Waals surface area contributed by atoms with Gasteiger partial charge >= 0.3 is 92.9 Å². The summed E-state index contributed by atoms with van der Waals surface area (Å²) in [4.78, 5) is 19.7. The van der Waals surface area contributed by atoms with Crippen LogP contribution in [-0.2, 0) is 9.59 Å². The number of carboxylic acids is 2. The van der Waals surface area contributed by atoms with E-state index in [0.717, 1.165) is 0 Å². The van der Waals surface area contributed by atoms with Crippen molar-refractivity contribution in [2.75, 3.05) is 0 Å². The van der Waals surface area contributed by atoms with Crippen LogP contribution >= 0.6 is 0 Å². The van der Waals surface area contributed by atoms with Crippen LogP contribution in [0.15, 0.2) is 12.2 Å². The Bertz CT molecular complexity index is 176. The minimum atomic E-state index is -1.27. The smallest absolute Gasteiger partial charge is 1.00 e. The zero-order valence-electron chi connectivity index (χ0n) is 8.63. The van der Waals surface area contributed by atoms with Crippen LogP contribution < -0.4 is 80.9 Å². The van der Waals surface area contributed by atoms with Crippen molar-refractivity contribution in [3.05, 3.63) is 12.2 Å². The van der Waals surface area contributed by atoms with Gasteiger partial charge in [-0.05, 0) is 0 Å². The quantitative estimate of drug-likeness (QED) is 0.347. The Morgan fingerprint density at radius 2 is 1.73 bits per heavy atom. The van der Waals surface area contributed by atoms with Gasteiger partial charge in [0.15, 0.2) is 0 Å². The zero-order chi connectivity index (χ0) is 7.44. The molecule has 0 radical (unpaired) electrons. The number of carboxylic acid groups (broad SMARTS) is 2. The van der Waals surface area contributed by atoms with Gasteiger partial charge in [0.2, 0.25) is 0 Å². The molecule has 0 spiro atoms. The second kappa shape index (κ2) is 9.40. The van der Waals surface area contributed by atoms with Crippen LogP contribution in [0.1, 0.15) is 9.27 Å². The van der Waals surface area contributed by atoms with Crippen molar-refractivity contribution in [1.82, 2.24) is 0 Å². The largest absolute Gasteiger partial charge is 1.00 e. The Labute approximate surface area is 132 Å². The first kappa shape index (κ1) is 18.2. The van der Waals surface area contributed by atoms with Crippen molar-refractivity contribution in [2.45, 2.75) is 6.42 Å². The zero-order valence-corrected chi connectivity index (χ0v) is 11.7. The second-order valence-corrected chi connectivity index (χ2v) is 1.48. The van der Waals surface area contributed by atoms with Gasteiger partial charge < -0.3 is 13.1 Å². The molecule has 0 rings (SSSR count). The van der Waals surface area contributed by atoms with Crippen molar-refractivity contribution in [2.24, 2.45) is 0 Å². The van der Waals surface area contributed by atoms with Gasteiger partial charge in [0, 0.05) is 5.57 Å². The summed E-state index contributed by atoms with van der Waals surface area (Å²) in [7, 11) is 0. The van der Waals surface area contributed by atoms with Crippen molar-refractivity contribution in [3.63, 3.8) is 0 Å². The van der Waals surface area contributed by atoms with E-state index in [1.807, 2.05) is 0 Å². The molecule has 11 heavy (non-hydrogen) atoms. The Morgan fingerprint density at radius 3 is 1.82 bits per heavy atom. The summed E-state index contributed by atoms with van der Waals surface area (Å²) in [6.45, 7) is 3.01. The van der Waals surface area contributed by atoms with Crippen LogP contribution in [0.4, 0.5) is 0 Å². The molecule has 0 fully saturated rings. The molecular formula is C5H8KNaO4. The normalized spacial score (nSPS) is 6.91. The molecule has 0 aliphatic heterocycles. The topological polar surface area (TPSA) is 74.6 Å². The maximum Gasteiger partial charge on any atom is 1.00 e. The van der Waals surface area contributed by atoms with Crippen molar-refractivity contribution < 1.29 is 104 Å². The predicted molar refractivity (Wildman–Crippen MR) is 31.3 cm³/mol. The molecule has 0 aromatic heterocycles. The molecule has 0 atom stereocenters. The van der Waals surface area contributed by atoms with E-state index in [1.165, 1.54) is 0 Å². The summed E-state index contributed by atoms with van der Waals surface area (Å²) < 4.78 is 0. The first-order valence-corrected chi connectivity index (χ1v) is 2.17. The second-order valence-electron chi connectivity index (χ2n) is 1.48. The molecule has 2 N–H and O–H groups in total. The summed E-state index contributed by atoms with van der Waals surface area (Å²) in [6, 6.07) is 0. The summed E-state index contributed by atoms with van der Waals surface area (Å²) in [6.07, 6.45) is -0.505. The van der Waals surface area contributed by atoms with Gasteiger partial charge in [0.05, 0.1) is 6.42 Å². The minimum absolute atomic E-state index is 0. The average molecular weight is 194 g/mol. The molecule has 0 saturated carbocycles. The molecular weight excluding hydrogens is 186 g/mol. The molecule has 0 amide bonds. The molecule has 0 unspecified atom stereocenters. The summed E-state index contributed by atoms with van der Waals surface area (Å²) >= 11 is 0. The van der Waals surface area contributed by atoms with Gasteiger partial charge in [-0.2, -0.15) is 0 Å². The summed E-state index contributed by atoms with van der Waals surface area (Å²) in [5.41, 5.74) is -0.303. The number of carbonyl (C=O) groups is 2. The standard InChI is InChI=1S/C5H6O4.K.Na.2H/c1-3(5(8)9)2-4(6)7;;;;/h1-2H2,(H,6,7)(H,8,9);;;;/q;2*+1;2*-1. The van der Waals surface area contributed by atoms with Gasteiger partial charge in [-0.3, -0.25) is 4.79 Å². The molecule has 0 bridgehead atoms. The van der Waals surface area contributed by atoms with E-state index in [9.17, 15) is 9.59 Å². The fraction of sp³-hybridized carbons (Fsp3) is 0.200. The fourth-order valence-corrected chi connectivity index (χ4v) is 0.258. The van der Waals surface area contributed by atoms with E-state index in [-0.39, 0.29) is 89.4 Å². The molecule has 54 valence electrons. The van der Waals surface area contributed by atoms with E-state index in [1.54, 1.807) is 0 Å². The minimum Gasteiger partial charge on any atom is -1.00 e. The molecule has 0 saturated heterocycles. The van der Waals surface area contributed by atoms with Crippen molar-refractivity contribution >= 4 is 11.9 Å². The van der Waals surface area contributed by atoms with Crippen LogP contribution in [0.2, 0.25) is 0 Å². The van der Waals surface area contributed by atoms with Crippen LogP contribution in [0, 0.1) is 0 Å². The average Bonchev–Trinajstić information content (AvgIpc) is 1.63. The molecule has 0 aliphatic rings. The van der Waals surface area contributed by atoms with Gasteiger partial charge in [-0.15, -0.1) is 0 Å². The van der Waals surface area contributed by atoms with Crippen molar-refractivity contribution in [3.8, 4) is 0 Å². The summed E-state index contributed by atoms with van der Waals surface area (Å²) in [5, 5.41) is 16.1. The Hall–Kier alpha value is 1.32. The number of aliphatic carboxylic acids is 2. The third-order valence-electron chi connectivity index (χ3n) is 0.667. The van der Waals surface area contributed by atoms with Crippen molar-refractivity contribution in [1.29, 1.82) is 0 Å². The number of rotatable bonds is 3. The first-order valence-electron chi connectivity index (χ1n) is 2.17. The summed E-state index contributed by atoms with van der Waals surface area (Å²) in [5.74, 6) is -2.44. The molecule has 0 aromatic carbocycles. The van der Waals surface area contributed by atoms with E-state index < -0.39 is 18.4 Å². The maximum absolute atomic E-state index is 9.87. The van der Waals surface area contributed by atoms with E-state index in [2.05, 4.69) is 6.58 Å². The molecule has 4 nitrogen and oxygen atoms in total. The van der Waals surface area contributed by atoms with E-state index >= 15 is 0 Å². The fourth-order valence-electron chi connectivity index (χ4n) is 0.258. The Kier molecular flexibility index (Phi) is 15.5. The maximum atomic E-state index is 9.87.